The summed E-state index contributed by atoms with van der Waals surface area (Å²) < 4.78 is 8.29. The summed E-state index contributed by atoms with van der Waals surface area (Å²) in [4.78, 5) is 4.89. The molecule has 0 amide bonds. The van der Waals surface area contributed by atoms with Gasteiger partial charge in [-0.05, 0) is 61.2 Å². The summed E-state index contributed by atoms with van der Waals surface area (Å²) in [6, 6.07) is 24.5. The van der Waals surface area contributed by atoms with Crippen molar-refractivity contribution >= 4 is 22.6 Å². The number of aryl methyl sites for hydroxylation is 2. The third-order valence-electron chi connectivity index (χ3n) is 5.14. The van der Waals surface area contributed by atoms with E-state index in [0.29, 0.717) is 0 Å². The highest BCUT2D eigenvalue weighted by atomic mass is 35.5. The van der Waals surface area contributed by atoms with Crippen LogP contribution in [0.3, 0.4) is 0 Å². The van der Waals surface area contributed by atoms with E-state index in [4.69, 9.17) is 21.3 Å². The normalized spacial score (nSPS) is 11.1. The fourth-order valence-electron chi connectivity index (χ4n) is 3.57. The second-order valence-electron chi connectivity index (χ2n) is 7.29. The van der Waals surface area contributed by atoms with Crippen molar-refractivity contribution in [1.82, 2.24) is 9.55 Å². The van der Waals surface area contributed by atoms with Gasteiger partial charge >= 0.3 is 0 Å². The average Bonchev–Trinajstić information content (AvgIpc) is 3.08. The van der Waals surface area contributed by atoms with Gasteiger partial charge < -0.3 is 9.30 Å². The first-order valence-electron chi connectivity index (χ1n) is 10.1. The highest BCUT2D eigenvalue weighted by Gasteiger charge is 2.11. The molecule has 0 fully saturated rings. The van der Waals surface area contributed by atoms with Gasteiger partial charge in [0.15, 0.2) is 0 Å². The largest absolute Gasteiger partial charge is 0.493 e. The molecule has 29 heavy (non-hydrogen) atoms. The topological polar surface area (TPSA) is 27.1 Å². The maximum Gasteiger partial charge on any atom is 0.122 e. The molecule has 0 aliphatic carbocycles. The SMILES string of the molecule is Cc1ccccc1OCCCCn1c(Cc2ccc(Cl)cc2)nc2ccccc21. The molecule has 0 saturated carbocycles. The molecule has 0 unspecified atom stereocenters. The number of benzene rings is 3. The van der Waals surface area contributed by atoms with Crippen LogP contribution in [0.5, 0.6) is 5.75 Å². The zero-order chi connectivity index (χ0) is 20.1. The molecule has 0 bridgehead atoms. The summed E-state index contributed by atoms with van der Waals surface area (Å²) in [5.41, 5.74) is 4.64. The summed E-state index contributed by atoms with van der Waals surface area (Å²) in [5, 5.41) is 0.760. The van der Waals surface area contributed by atoms with Crippen LogP contribution < -0.4 is 4.74 Å². The molecular formula is C25H25ClN2O. The number of halogens is 1. The van der Waals surface area contributed by atoms with Crippen molar-refractivity contribution in [3.05, 3.63) is 94.8 Å². The number of ether oxygens (including phenoxy) is 1. The number of aromatic nitrogens is 2. The molecule has 148 valence electrons. The lowest BCUT2D eigenvalue weighted by Gasteiger charge is -2.11. The molecule has 1 aromatic heterocycles. The fraction of sp³-hybridized carbons (Fsp3) is 0.240. The van der Waals surface area contributed by atoms with Crippen LogP contribution in [-0.2, 0) is 13.0 Å². The first-order valence-corrected chi connectivity index (χ1v) is 10.5. The number of hydrogen-bond acceptors (Lipinski definition) is 2. The van der Waals surface area contributed by atoms with Gasteiger partial charge in [-0.1, -0.05) is 54.1 Å². The van der Waals surface area contributed by atoms with Crippen LogP contribution in [0.1, 0.15) is 29.8 Å². The number of imidazole rings is 1. The van der Waals surface area contributed by atoms with Gasteiger partial charge in [0.05, 0.1) is 17.6 Å². The minimum Gasteiger partial charge on any atom is -0.493 e. The van der Waals surface area contributed by atoms with Gasteiger partial charge in [-0.25, -0.2) is 4.98 Å². The maximum absolute atomic E-state index is 6.03. The Bertz CT molecular complexity index is 1090. The third-order valence-corrected chi connectivity index (χ3v) is 5.39. The van der Waals surface area contributed by atoms with Crippen LogP contribution in [0.25, 0.3) is 11.0 Å². The van der Waals surface area contributed by atoms with Gasteiger partial charge in [0.2, 0.25) is 0 Å². The van der Waals surface area contributed by atoms with Gasteiger partial charge in [0.1, 0.15) is 11.6 Å². The average molecular weight is 405 g/mol. The van der Waals surface area contributed by atoms with Gasteiger partial charge in [-0.15, -0.1) is 0 Å². The Kier molecular flexibility index (Phi) is 6.16. The number of rotatable bonds is 8. The van der Waals surface area contributed by atoms with Crippen LogP contribution in [0, 0.1) is 6.92 Å². The molecule has 4 heteroatoms. The molecule has 3 aromatic carbocycles. The molecule has 0 saturated heterocycles. The van der Waals surface area contributed by atoms with E-state index >= 15 is 0 Å². The van der Waals surface area contributed by atoms with E-state index in [1.165, 1.54) is 16.6 Å². The molecule has 0 atom stereocenters. The minimum atomic E-state index is 0.726. The number of nitrogens with zero attached hydrogens (tertiary/aromatic N) is 2. The van der Waals surface area contributed by atoms with Crippen molar-refractivity contribution in [1.29, 1.82) is 0 Å². The zero-order valence-electron chi connectivity index (χ0n) is 16.6. The van der Waals surface area contributed by atoms with Gasteiger partial charge in [-0.2, -0.15) is 0 Å². The Morgan fingerprint density at radius 1 is 0.897 bits per heavy atom. The summed E-state index contributed by atoms with van der Waals surface area (Å²) in [6.45, 7) is 3.74. The number of fused-ring (bicyclic) bond motifs is 1. The molecule has 4 rings (SSSR count). The van der Waals surface area contributed by atoms with Crippen molar-refractivity contribution < 1.29 is 4.74 Å². The van der Waals surface area contributed by atoms with E-state index in [-0.39, 0.29) is 0 Å². The van der Waals surface area contributed by atoms with E-state index in [1.54, 1.807) is 0 Å². The minimum absolute atomic E-state index is 0.726. The monoisotopic (exact) mass is 404 g/mol. The Morgan fingerprint density at radius 3 is 2.48 bits per heavy atom. The smallest absolute Gasteiger partial charge is 0.122 e. The Hall–Kier alpha value is -2.78. The van der Waals surface area contributed by atoms with Gasteiger partial charge in [0, 0.05) is 18.0 Å². The van der Waals surface area contributed by atoms with E-state index in [9.17, 15) is 0 Å². The molecule has 0 aliphatic rings. The lowest BCUT2D eigenvalue weighted by molar-refractivity contribution is 0.301. The van der Waals surface area contributed by atoms with E-state index < -0.39 is 0 Å². The van der Waals surface area contributed by atoms with Crippen molar-refractivity contribution in [3.8, 4) is 5.75 Å². The van der Waals surface area contributed by atoms with Crippen molar-refractivity contribution in [2.24, 2.45) is 0 Å². The standard InChI is InChI=1S/C25H25ClN2O/c1-19-8-2-5-11-24(19)29-17-7-6-16-28-23-10-4-3-9-22(23)27-25(28)18-20-12-14-21(26)15-13-20/h2-5,8-15H,6-7,16-18H2,1H3. The second kappa shape index (κ2) is 9.15. The third kappa shape index (κ3) is 4.80. The Balaban J connectivity index is 1.43. The molecular weight excluding hydrogens is 380 g/mol. The van der Waals surface area contributed by atoms with Crippen molar-refractivity contribution in [2.75, 3.05) is 6.61 Å². The Morgan fingerprint density at radius 2 is 1.66 bits per heavy atom. The predicted molar refractivity (Wildman–Crippen MR) is 120 cm³/mol. The van der Waals surface area contributed by atoms with Crippen LogP contribution in [0.15, 0.2) is 72.8 Å². The lowest BCUT2D eigenvalue weighted by atomic mass is 10.1. The van der Waals surface area contributed by atoms with Gasteiger partial charge in [-0.3, -0.25) is 0 Å². The van der Waals surface area contributed by atoms with E-state index in [0.717, 1.165) is 54.5 Å². The number of unbranched alkanes of at least 4 members (excludes halogenated alkanes) is 1. The van der Waals surface area contributed by atoms with Crippen molar-refractivity contribution in [3.63, 3.8) is 0 Å². The van der Waals surface area contributed by atoms with Crippen LogP contribution in [0.2, 0.25) is 5.02 Å². The number of hydrogen-bond donors (Lipinski definition) is 0. The lowest BCUT2D eigenvalue weighted by Crippen LogP contribution is -2.07. The molecule has 0 spiro atoms. The second-order valence-corrected chi connectivity index (χ2v) is 7.73. The highest BCUT2D eigenvalue weighted by Crippen LogP contribution is 2.21. The van der Waals surface area contributed by atoms with Crippen LogP contribution in [0.4, 0.5) is 0 Å². The zero-order valence-corrected chi connectivity index (χ0v) is 17.4. The predicted octanol–water partition coefficient (Wildman–Crippen LogP) is 6.45. The summed E-state index contributed by atoms with van der Waals surface area (Å²) >= 11 is 6.03. The van der Waals surface area contributed by atoms with E-state index in [1.807, 2.05) is 36.4 Å². The molecule has 0 N–H and O–H groups in total. The first-order chi connectivity index (χ1) is 14.2. The van der Waals surface area contributed by atoms with E-state index in [2.05, 4.69) is 47.9 Å². The van der Waals surface area contributed by atoms with Crippen molar-refractivity contribution in [2.45, 2.75) is 32.7 Å². The van der Waals surface area contributed by atoms with Crippen LogP contribution in [-0.4, -0.2) is 16.2 Å². The molecule has 0 radical (unpaired) electrons. The molecule has 4 aromatic rings. The molecule has 1 heterocycles. The van der Waals surface area contributed by atoms with Crippen LogP contribution >= 0.6 is 11.6 Å². The first kappa shape index (κ1) is 19.5. The maximum atomic E-state index is 6.03. The highest BCUT2D eigenvalue weighted by molar-refractivity contribution is 6.30. The summed E-state index contributed by atoms with van der Waals surface area (Å²) in [5.74, 6) is 2.07. The Labute approximate surface area is 176 Å². The van der Waals surface area contributed by atoms with Gasteiger partial charge in [0.25, 0.3) is 0 Å². The summed E-state index contributed by atoms with van der Waals surface area (Å²) in [6.07, 6.45) is 2.84. The quantitative estimate of drug-likeness (QED) is 0.315. The molecule has 0 aliphatic heterocycles. The fourth-order valence-corrected chi connectivity index (χ4v) is 3.69. The molecule has 3 nitrogen and oxygen atoms in total. The number of para-hydroxylation sites is 3. The summed E-state index contributed by atoms with van der Waals surface area (Å²) in [7, 11) is 0.